The van der Waals surface area contributed by atoms with Gasteiger partial charge >= 0.3 is 6.18 Å². The summed E-state index contributed by atoms with van der Waals surface area (Å²) in [7, 11) is 1.36. The molecule has 1 atom stereocenters. The van der Waals surface area contributed by atoms with Crippen molar-refractivity contribution in [2.24, 2.45) is 5.41 Å². The van der Waals surface area contributed by atoms with Gasteiger partial charge < -0.3 is 4.74 Å². The van der Waals surface area contributed by atoms with Gasteiger partial charge in [-0.3, -0.25) is 14.8 Å². The molecule has 0 bridgehead atoms. The molecule has 0 aromatic carbocycles. The Hall–Kier alpha value is -3.12. The van der Waals surface area contributed by atoms with Crippen molar-refractivity contribution in [2.45, 2.75) is 32.0 Å². The van der Waals surface area contributed by atoms with Gasteiger partial charge in [-0.25, -0.2) is 4.39 Å². The van der Waals surface area contributed by atoms with E-state index in [9.17, 15) is 27.6 Å². The maximum atomic E-state index is 14.0. The third-order valence-electron chi connectivity index (χ3n) is 5.05. The predicted molar refractivity (Wildman–Crippen MR) is 98.2 cm³/mol. The number of ether oxygens (including phenoxy) is 1. The number of halogens is 4. The van der Waals surface area contributed by atoms with Gasteiger partial charge in [-0.1, -0.05) is 19.9 Å². The number of Topliss-reactive ketones (excluding diaryl/α,β-unsaturated/α-hetero) is 1. The number of rotatable bonds is 3. The van der Waals surface area contributed by atoms with E-state index in [2.05, 4.69) is 9.97 Å². The molecule has 0 saturated heterocycles. The summed E-state index contributed by atoms with van der Waals surface area (Å²) in [6.45, 7) is 3.30. The van der Waals surface area contributed by atoms with Crippen molar-refractivity contribution < 1.29 is 27.1 Å². The predicted octanol–water partition coefficient (Wildman–Crippen LogP) is 4.59. The highest BCUT2D eigenvalue weighted by Crippen LogP contribution is 2.47. The van der Waals surface area contributed by atoms with Crippen LogP contribution in [0.3, 0.4) is 0 Å². The molecule has 30 heavy (non-hydrogen) atoms. The fourth-order valence-corrected chi connectivity index (χ4v) is 3.63. The van der Waals surface area contributed by atoms with Gasteiger partial charge in [-0.05, 0) is 24.6 Å². The zero-order valence-electron chi connectivity index (χ0n) is 16.3. The van der Waals surface area contributed by atoms with Crippen molar-refractivity contribution in [3.63, 3.8) is 0 Å². The van der Waals surface area contributed by atoms with Gasteiger partial charge in [0, 0.05) is 29.8 Å². The van der Waals surface area contributed by atoms with Crippen LogP contribution in [-0.4, -0.2) is 22.9 Å². The lowest BCUT2D eigenvalue weighted by Crippen LogP contribution is -2.43. The second-order valence-corrected chi connectivity index (χ2v) is 7.63. The number of hydrogen-bond acceptors (Lipinski definition) is 5. The summed E-state index contributed by atoms with van der Waals surface area (Å²) in [5.74, 6) is -1.08. The Morgan fingerprint density at radius 1 is 1.20 bits per heavy atom. The summed E-state index contributed by atoms with van der Waals surface area (Å²) in [6, 6.07) is 4.91. The first kappa shape index (κ1) is 21.6. The fraction of sp³-hybridized carbons (Fsp3) is 0.333. The SMILES string of the molecule is COC1(c2ncc(F)cc2-c2ccc(C(F)(F)F)nc2)C=C(C#N)C(=O)C(C)(C)C1. The van der Waals surface area contributed by atoms with Crippen molar-refractivity contribution >= 4 is 5.78 Å². The summed E-state index contributed by atoms with van der Waals surface area (Å²) in [5, 5.41) is 9.41. The van der Waals surface area contributed by atoms with Crippen LogP contribution in [0.5, 0.6) is 0 Å². The molecule has 0 spiro atoms. The Labute approximate surface area is 170 Å². The van der Waals surface area contributed by atoms with Gasteiger partial charge in [-0.2, -0.15) is 18.4 Å². The average molecular weight is 419 g/mol. The fourth-order valence-electron chi connectivity index (χ4n) is 3.63. The Morgan fingerprint density at radius 3 is 2.43 bits per heavy atom. The van der Waals surface area contributed by atoms with E-state index in [0.29, 0.717) is 0 Å². The number of alkyl halides is 3. The Morgan fingerprint density at radius 2 is 1.90 bits per heavy atom. The van der Waals surface area contributed by atoms with Crippen LogP contribution in [-0.2, 0) is 21.3 Å². The van der Waals surface area contributed by atoms with Gasteiger partial charge in [0.05, 0.1) is 17.5 Å². The molecule has 0 fully saturated rings. The molecule has 0 radical (unpaired) electrons. The van der Waals surface area contributed by atoms with Gasteiger partial charge in [0.15, 0.2) is 5.78 Å². The number of nitriles is 1. The maximum Gasteiger partial charge on any atom is 0.433 e. The summed E-state index contributed by atoms with van der Waals surface area (Å²) in [4.78, 5) is 20.1. The number of ketones is 1. The molecule has 9 heteroatoms. The number of pyridine rings is 2. The van der Waals surface area contributed by atoms with Gasteiger partial charge in [0.2, 0.25) is 0 Å². The van der Waals surface area contributed by atoms with Crippen LogP contribution >= 0.6 is 0 Å². The zero-order chi connectivity index (χ0) is 22.3. The smallest absolute Gasteiger partial charge is 0.368 e. The van der Waals surface area contributed by atoms with E-state index in [1.807, 2.05) is 6.07 Å². The van der Waals surface area contributed by atoms with Crippen LogP contribution in [0.4, 0.5) is 17.6 Å². The molecule has 2 aromatic heterocycles. The van der Waals surface area contributed by atoms with Crippen molar-refractivity contribution in [2.75, 3.05) is 7.11 Å². The molecule has 0 aliphatic heterocycles. The molecular formula is C21H17F4N3O2. The summed E-state index contributed by atoms with van der Waals surface area (Å²) >= 11 is 0. The van der Waals surface area contributed by atoms with Gasteiger partial charge in [0.25, 0.3) is 0 Å². The molecule has 5 nitrogen and oxygen atoms in total. The number of carbonyl (C=O) groups is 1. The Balaban J connectivity index is 2.23. The minimum Gasteiger partial charge on any atom is -0.368 e. The average Bonchev–Trinajstić information content (AvgIpc) is 2.69. The zero-order valence-corrected chi connectivity index (χ0v) is 16.3. The Bertz CT molecular complexity index is 1070. The van der Waals surface area contributed by atoms with Gasteiger partial charge in [-0.15, -0.1) is 0 Å². The van der Waals surface area contributed by atoms with E-state index in [4.69, 9.17) is 4.74 Å². The van der Waals surface area contributed by atoms with Crippen LogP contribution in [0.25, 0.3) is 11.1 Å². The van der Waals surface area contributed by atoms with E-state index in [0.717, 1.165) is 30.6 Å². The number of methoxy groups -OCH3 is 1. The van der Waals surface area contributed by atoms with Crippen molar-refractivity contribution in [3.05, 3.63) is 59.4 Å². The maximum absolute atomic E-state index is 14.0. The highest BCUT2D eigenvalue weighted by molar-refractivity contribution is 6.04. The number of allylic oxidation sites excluding steroid dienone is 1. The standard InChI is InChI=1S/C21H17F4N3O2/c1-19(2)11-20(30-3,7-13(8-26)18(19)29)17-15(6-14(22)10-28-17)12-4-5-16(27-9-12)21(23,24)25/h4-7,9-10H,11H2,1-3H3. The van der Waals surface area contributed by atoms with Crippen molar-refractivity contribution in [1.82, 2.24) is 9.97 Å². The molecule has 1 unspecified atom stereocenters. The van der Waals surface area contributed by atoms with E-state index in [-0.39, 0.29) is 34.6 Å². The van der Waals surface area contributed by atoms with Crippen molar-refractivity contribution in [1.29, 1.82) is 5.26 Å². The second kappa shape index (κ2) is 7.29. The van der Waals surface area contributed by atoms with Crippen LogP contribution in [0.2, 0.25) is 0 Å². The van der Waals surface area contributed by atoms with E-state index < -0.39 is 28.7 Å². The highest BCUT2D eigenvalue weighted by Gasteiger charge is 2.48. The van der Waals surface area contributed by atoms with E-state index >= 15 is 0 Å². The second-order valence-electron chi connectivity index (χ2n) is 7.63. The minimum absolute atomic E-state index is 0.0974. The van der Waals surface area contributed by atoms with Crippen LogP contribution in [0, 0.1) is 22.6 Å². The first-order valence-electron chi connectivity index (χ1n) is 8.86. The third-order valence-corrected chi connectivity index (χ3v) is 5.05. The lowest BCUT2D eigenvalue weighted by atomic mass is 9.68. The largest absolute Gasteiger partial charge is 0.433 e. The Kier molecular flexibility index (Phi) is 5.24. The van der Waals surface area contributed by atoms with Crippen LogP contribution in [0.15, 0.2) is 42.2 Å². The van der Waals surface area contributed by atoms with E-state index in [1.165, 1.54) is 13.2 Å². The topological polar surface area (TPSA) is 75.9 Å². The molecule has 2 aromatic rings. The van der Waals surface area contributed by atoms with Crippen LogP contribution < -0.4 is 0 Å². The van der Waals surface area contributed by atoms with Crippen LogP contribution in [0.1, 0.15) is 31.7 Å². The lowest BCUT2D eigenvalue weighted by Gasteiger charge is -2.40. The monoisotopic (exact) mass is 419 g/mol. The molecule has 0 N–H and O–H groups in total. The molecule has 1 aliphatic carbocycles. The summed E-state index contributed by atoms with van der Waals surface area (Å²) in [5.41, 5.74) is -3.07. The number of aromatic nitrogens is 2. The molecule has 0 amide bonds. The molecule has 156 valence electrons. The number of nitrogens with zero attached hydrogens (tertiary/aromatic N) is 3. The molecule has 1 aliphatic rings. The molecule has 0 saturated carbocycles. The molecular weight excluding hydrogens is 402 g/mol. The number of carbonyl (C=O) groups excluding carboxylic acids is 1. The normalized spacial score (nSPS) is 21.1. The van der Waals surface area contributed by atoms with Gasteiger partial charge in [0.1, 0.15) is 23.2 Å². The third kappa shape index (κ3) is 3.71. The molecule has 2 heterocycles. The summed E-state index contributed by atoms with van der Waals surface area (Å²) < 4.78 is 58.3. The first-order valence-corrected chi connectivity index (χ1v) is 8.86. The minimum atomic E-state index is -4.62. The van der Waals surface area contributed by atoms with Crippen molar-refractivity contribution in [3.8, 4) is 17.2 Å². The summed E-state index contributed by atoms with van der Waals surface area (Å²) in [6.07, 6.45) is -1.27. The molecule has 3 rings (SSSR count). The first-order chi connectivity index (χ1) is 13.9. The van der Waals surface area contributed by atoms with E-state index in [1.54, 1.807) is 13.8 Å². The highest BCUT2D eigenvalue weighted by atomic mass is 19.4. The quantitative estimate of drug-likeness (QED) is 0.680. The lowest BCUT2D eigenvalue weighted by molar-refractivity contribution is -0.141. The number of hydrogen-bond donors (Lipinski definition) is 0.